The molecule has 1 aromatic carbocycles. The van der Waals surface area contributed by atoms with E-state index in [1.54, 1.807) is 41.9 Å². The summed E-state index contributed by atoms with van der Waals surface area (Å²) in [5.74, 6) is -0.276. The van der Waals surface area contributed by atoms with Gasteiger partial charge in [0.1, 0.15) is 11.6 Å². The maximum Gasteiger partial charge on any atom is 0.126 e. The van der Waals surface area contributed by atoms with Crippen LogP contribution in [0.15, 0.2) is 78.5 Å². The van der Waals surface area contributed by atoms with Crippen LogP contribution in [0.1, 0.15) is 23.6 Å². The molecule has 0 saturated heterocycles. The van der Waals surface area contributed by atoms with Crippen molar-refractivity contribution in [3.05, 3.63) is 84.6 Å². The first-order valence-corrected chi connectivity index (χ1v) is 8.72. The lowest BCUT2D eigenvalue weighted by atomic mass is 9.72. The molecule has 0 bridgehead atoms. The molecule has 27 heavy (non-hydrogen) atoms. The second kappa shape index (κ2) is 7.13. The predicted octanol–water partition coefficient (Wildman–Crippen LogP) is 2.34. The summed E-state index contributed by atoms with van der Waals surface area (Å²) >= 11 is 0. The van der Waals surface area contributed by atoms with Crippen LogP contribution >= 0.6 is 0 Å². The van der Waals surface area contributed by atoms with Gasteiger partial charge in [0.2, 0.25) is 0 Å². The second-order valence-electron chi connectivity index (χ2n) is 6.55. The highest BCUT2D eigenvalue weighted by molar-refractivity contribution is 5.66. The van der Waals surface area contributed by atoms with E-state index in [1.807, 2.05) is 42.5 Å². The standard InChI is InChI=1S/C20H20N6O/c21-18-7-1-4-15(12-18)19(26-11-10-24-25-26)20(27,16-5-2-8-22-13-16)17-6-3-9-23-14-17/h1-5,7-14,17,19,27H,6,21H2. The largest absolute Gasteiger partial charge is 0.399 e. The number of anilines is 1. The van der Waals surface area contributed by atoms with Gasteiger partial charge in [-0.2, -0.15) is 0 Å². The number of allylic oxidation sites excluding steroid dienone is 1. The minimum Gasteiger partial charge on any atom is -0.399 e. The Morgan fingerprint density at radius 2 is 2.15 bits per heavy atom. The van der Waals surface area contributed by atoms with Gasteiger partial charge in [-0.05, 0) is 30.2 Å². The molecule has 3 N–H and O–H groups in total. The van der Waals surface area contributed by atoms with Crippen molar-refractivity contribution in [3.63, 3.8) is 0 Å². The zero-order valence-corrected chi connectivity index (χ0v) is 14.6. The van der Waals surface area contributed by atoms with Crippen LogP contribution in [-0.2, 0) is 5.60 Å². The molecule has 136 valence electrons. The molecule has 3 atom stereocenters. The lowest BCUT2D eigenvalue weighted by Gasteiger charge is -2.41. The molecule has 0 fully saturated rings. The molecule has 2 aromatic heterocycles. The van der Waals surface area contributed by atoms with Crippen molar-refractivity contribution in [1.82, 2.24) is 20.0 Å². The minimum absolute atomic E-state index is 0.276. The van der Waals surface area contributed by atoms with Crippen LogP contribution in [0.2, 0.25) is 0 Å². The molecule has 7 heteroatoms. The van der Waals surface area contributed by atoms with E-state index >= 15 is 0 Å². The Labute approximate surface area is 156 Å². The average Bonchev–Trinajstić information content (AvgIpc) is 3.23. The van der Waals surface area contributed by atoms with Crippen LogP contribution < -0.4 is 5.73 Å². The van der Waals surface area contributed by atoms with Crippen molar-refractivity contribution in [2.24, 2.45) is 10.9 Å². The third-order valence-corrected chi connectivity index (χ3v) is 4.89. The molecule has 0 radical (unpaired) electrons. The average molecular weight is 360 g/mol. The molecule has 4 rings (SSSR count). The Morgan fingerprint density at radius 3 is 2.81 bits per heavy atom. The zero-order valence-electron chi connectivity index (χ0n) is 14.6. The summed E-state index contributed by atoms with van der Waals surface area (Å²) in [7, 11) is 0. The molecule has 0 saturated carbocycles. The number of aliphatic imine (C=N–C) groups is 1. The summed E-state index contributed by atoms with van der Waals surface area (Å²) in [6.07, 6.45) is 12.8. The summed E-state index contributed by atoms with van der Waals surface area (Å²) in [5.41, 5.74) is 6.80. The lowest BCUT2D eigenvalue weighted by Crippen LogP contribution is -2.45. The van der Waals surface area contributed by atoms with E-state index in [0.29, 0.717) is 17.7 Å². The summed E-state index contributed by atoms with van der Waals surface area (Å²) in [5, 5.41) is 20.3. The highest BCUT2D eigenvalue weighted by Crippen LogP contribution is 2.44. The summed E-state index contributed by atoms with van der Waals surface area (Å²) in [6, 6.07) is 10.6. The van der Waals surface area contributed by atoms with E-state index in [2.05, 4.69) is 20.3 Å². The highest BCUT2D eigenvalue weighted by atomic mass is 16.3. The maximum absolute atomic E-state index is 12.2. The van der Waals surface area contributed by atoms with Crippen LogP contribution in [0.5, 0.6) is 0 Å². The number of aromatic nitrogens is 4. The van der Waals surface area contributed by atoms with Crippen molar-refractivity contribution in [2.75, 3.05) is 5.73 Å². The quantitative estimate of drug-likeness (QED) is 0.680. The van der Waals surface area contributed by atoms with Gasteiger partial charge in [0.15, 0.2) is 0 Å². The van der Waals surface area contributed by atoms with Gasteiger partial charge in [-0.1, -0.05) is 29.5 Å². The molecule has 3 unspecified atom stereocenters. The van der Waals surface area contributed by atoms with Gasteiger partial charge in [-0.25, -0.2) is 4.68 Å². The van der Waals surface area contributed by atoms with Crippen LogP contribution in [0.3, 0.4) is 0 Å². The SMILES string of the molecule is Nc1cccc(C(n2ccnn2)C(O)(c2cccnc2)C2C=NC=CC2)c1. The van der Waals surface area contributed by atoms with Crippen LogP contribution in [0.4, 0.5) is 5.69 Å². The summed E-state index contributed by atoms with van der Waals surface area (Å²) < 4.78 is 1.66. The van der Waals surface area contributed by atoms with E-state index in [0.717, 1.165) is 5.56 Å². The normalized spacial score (nSPS) is 19.5. The molecular weight excluding hydrogens is 340 g/mol. The van der Waals surface area contributed by atoms with Crippen LogP contribution in [0.25, 0.3) is 0 Å². The monoisotopic (exact) mass is 360 g/mol. The number of benzene rings is 1. The Kier molecular flexibility index (Phi) is 4.52. The van der Waals surface area contributed by atoms with E-state index < -0.39 is 11.6 Å². The maximum atomic E-state index is 12.2. The molecule has 3 heterocycles. The molecule has 0 amide bonds. The van der Waals surface area contributed by atoms with Crippen molar-refractivity contribution in [3.8, 4) is 0 Å². The van der Waals surface area contributed by atoms with E-state index in [9.17, 15) is 5.11 Å². The van der Waals surface area contributed by atoms with E-state index in [1.165, 1.54) is 0 Å². The fourth-order valence-corrected chi connectivity index (χ4v) is 3.64. The molecule has 0 aliphatic carbocycles. The zero-order chi connectivity index (χ0) is 18.7. The number of hydrogen-bond acceptors (Lipinski definition) is 6. The first kappa shape index (κ1) is 17.1. The number of rotatable bonds is 5. The number of nitrogen functional groups attached to an aromatic ring is 1. The first-order chi connectivity index (χ1) is 13.2. The molecule has 1 aliphatic rings. The summed E-state index contributed by atoms with van der Waals surface area (Å²) in [6.45, 7) is 0. The van der Waals surface area contributed by atoms with Crippen LogP contribution in [0, 0.1) is 5.92 Å². The van der Waals surface area contributed by atoms with Gasteiger partial charge in [0, 0.05) is 48.2 Å². The summed E-state index contributed by atoms with van der Waals surface area (Å²) in [4.78, 5) is 8.50. The van der Waals surface area contributed by atoms with Crippen molar-refractivity contribution >= 4 is 11.9 Å². The fourth-order valence-electron chi connectivity index (χ4n) is 3.64. The van der Waals surface area contributed by atoms with E-state index in [-0.39, 0.29) is 5.92 Å². The topological polar surface area (TPSA) is 102 Å². The predicted molar refractivity (Wildman–Crippen MR) is 103 cm³/mol. The van der Waals surface area contributed by atoms with Crippen LogP contribution in [-0.4, -0.2) is 31.3 Å². The Morgan fingerprint density at radius 1 is 1.22 bits per heavy atom. The second-order valence-corrected chi connectivity index (χ2v) is 6.55. The number of pyridine rings is 1. The molecular formula is C20H20N6O. The van der Waals surface area contributed by atoms with Gasteiger partial charge in [0.25, 0.3) is 0 Å². The van der Waals surface area contributed by atoms with Crippen molar-refractivity contribution in [2.45, 2.75) is 18.1 Å². The van der Waals surface area contributed by atoms with Gasteiger partial charge in [-0.15, -0.1) is 5.10 Å². The molecule has 1 aliphatic heterocycles. The van der Waals surface area contributed by atoms with E-state index in [4.69, 9.17) is 5.73 Å². The minimum atomic E-state index is -1.36. The van der Waals surface area contributed by atoms with Gasteiger partial charge >= 0.3 is 0 Å². The van der Waals surface area contributed by atoms with Gasteiger partial charge < -0.3 is 10.8 Å². The molecule has 7 nitrogen and oxygen atoms in total. The number of hydrogen-bond donors (Lipinski definition) is 2. The number of aliphatic hydroxyl groups is 1. The smallest absolute Gasteiger partial charge is 0.126 e. The van der Waals surface area contributed by atoms with Gasteiger partial charge in [-0.3, -0.25) is 9.98 Å². The van der Waals surface area contributed by atoms with Crippen molar-refractivity contribution in [1.29, 1.82) is 0 Å². The lowest BCUT2D eigenvalue weighted by molar-refractivity contribution is -0.0376. The Bertz CT molecular complexity index is 954. The van der Waals surface area contributed by atoms with Gasteiger partial charge in [0.05, 0.1) is 6.20 Å². The third-order valence-electron chi connectivity index (χ3n) is 4.89. The first-order valence-electron chi connectivity index (χ1n) is 8.72. The number of nitrogens with two attached hydrogens (primary N) is 1. The molecule has 0 spiro atoms. The fraction of sp³-hybridized carbons (Fsp3) is 0.200. The van der Waals surface area contributed by atoms with Crippen molar-refractivity contribution < 1.29 is 5.11 Å². The molecule has 3 aromatic rings. The number of nitrogens with zero attached hydrogens (tertiary/aromatic N) is 5. The highest BCUT2D eigenvalue weighted by Gasteiger charge is 2.47. The third kappa shape index (κ3) is 3.13. The Balaban J connectivity index is 1.94. The Hall–Kier alpha value is -3.32.